The first-order valence-electron chi connectivity index (χ1n) is 7.98. The Bertz CT molecular complexity index is 894. The van der Waals surface area contributed by atoms with Gasteiger partial charge in [-0.1, -0.05) is 30.3 Å². The van der Waals surface area contributed by atoms with Crippen LogP contribution in [0.1, 0.15) is 33.9 Å². The average molecular weight is 316 g/mol. The molecule has 2 aliphatic rings. The van der Waals surface area contributed by atoms with Crippen molar-refractivity contribution in [3.63, 3.8) is 0 Å². The van der Waals surface area contributed by atoms with E-state index in [4.69, 9.17) is 6.42 Å². The highest BCUT2D eigenvalue weighted by atomic mass is 16.2. The second kappa shape index (κ2) is 5.63. The topological polar surface area (TPSA) is 58.2 Å². The van der Waals surface area contributed by atoms with Gasteiger partial charge < -0.3 is 10.6 Å². The molecule has 1 atom stereocenters. The van der Waals surface area contributed by atoms with Crippen LogP contribution in [-0.4, -0.2) is 18.2 Å². The molecule has 4 heteroatoms. The van der Waals surface area contributed by atoms with Crippen LogP contribution in [0.4, 0.5) is 5.69 Å². The van der Waals surface area contributed by atoms with Crippen LogP contribution < -0.4 is 10.6 Å². The third-order valence-corrected chi connectivity index (χ3v) is 4.69. The van der Waals surface area contributed by atoms with Gasteiger partial charge in [-0.2, -0.15) is 0 Å². The monoisotopic (exact) mass is 316 g/mol. The number of rotatable bonds is 2. The number of carbonyl (C=O) groups is 2. The lowest BCUT2D eigenvalue weighted by molar-refractivity contribution is -0.112. The molecule has 0 aromatic heterocycles. The Hall–Kier alpha value is -2.90. The van der Waals surface area contributed by atoms with Gasteiger partial charge in [0.2, 0.25) is 0 Å². The molecule has 118 valence electrons. The summed E-state index contributed by atoms with van der Waals surface area (Å²) >= 11 is 0. The SMILES string of the molecule is C#CCC1NCCc2c(-c3ccccc3)cc3c(c21)NC(=O)C3=O. The first-order valence-corrected chi connectivity index (χ1v) is 7.98. The van der Waals surface area contributed by atoms with Crippen LogP contribution in [0.2, 0.25) is 0 Å². The van der Waals surface area contributed by atoms with Crippen molar-refractivity contribution in [2.75, 3.05) is 11.9 Å². The molecule has 0 saturated carbocycles. The fraction of sp³-hybridized carbons (Fsp3) is 0.200. The molecule has 0 radical (unpaired) electrons. The molecule has 0 fully saturated rings. The van der Waals surface area contributed by atoms with Gasteiger partial charge in [-0.3, -0.25) is 9.59 Å². The maximum absolute atomic E-state index is 12.3. The molecule has 0 aliphatic carbocycles. The Morgan fingerprint density at radius 3 is 2.71 bits per heavy atom. The number of carbonyl (C=O) groups excluding carboxylic acids is 2. The summed E-state index contributed by atoms with van der Waals surface area (Å²) in [4.78, 5) is 24.2. The first kappa shape index (κ1) is 14.7. The minimum atomic E-state index is -0.567. The maximum Gasteiger partial charge on any atom is 0.296 e. The first-order chi connectivity index (χ1) is 11.7. The largest absolute Gasteiger partial charge is 0.318 e. The minimum absolute atomic E-state index is 0.0534. The Labute approximate surface area is 140 Å². The quantitative estimate of drug-likeness (QED) is 0.661. The van der Waals surface area contributed by atoms with E-state index in [1.54, 1.807) is 0 Å². The Morgan fingerprint density at radius 1 is 1.17 bits per heavy atom. The lowest BCUT2D eigenvalue weighted by atomic mass is 9.83. The molecule has 24 heavy (non-hydrogen) atoms. The number of nitrogens with one attached hydrogen (secondary N) is 2. The second-order valence-electron chi connectivity index (χ2n) is 6.05. The van der Waals surface area contributed by atoms with Crippen molar-refractivity contribution in [1.29, 1.82) is 0 Å². The predicted octanol–water partition coefficient (Wildman–Crippen LogP) is 2.70. The van der Waals surface area contributed by atoms with Crippen LogP contribution >= 0.6 is 0 Å². The van der Waals surface area contributed by atoms with E-state index >= 15 is 0 Å². The highest BCUT2D eigenvalue weighted by molar-refractivity contribution is 6.52. The van der Waals surface area contributed by atoms with E-state index in [0.29, 0.717) is 17.7 Å². The summed E-state index contributed by atoms with van der Waals surface area (Å²) in [6, 6.07) is 11.7. The van der Waals surface area contributed by atoms with Crippen LogP contribution in [0.15, 0.2) is 36.4 Å². The molecule has 2 N–H and O–H groups in total. The molecule has 4 rings (SSSR count). The minimum Gasteiger partial charge on any atom is -0.318 e. The fourth-order valence-corrected chi connectivity index (χ4v) is 3.65. The number of benzene rings is 2. The Kier molecular flexibility index (Phi) is 3.44. The molecule has 0 saturated heterocycles. The van der Waals surface area contributed by atoms with E-state index in [1.807, 2.05) is 36.4 Å². The van der Waals surface area contributed by atoms with Crippen molar-refractivity contribution in [3.05, 3.63) is 53.1 Å². The van der Waals surface area contributed by atoms with Crippen LogP contribution in [-0.2, 0) is 11.2 Å². The molecule has 0 bridgehead atoms. The summed E-state index contributed by atoms with van der Waals surface area (Å²) < 4.78 is 0. The van der Waals surface area contributed by atoms with Crippen molar-refractivity contribution < 1.29 is 9.59 Å². The van der Waals surface area contributed by atoms with Gasteiger partial charge in [-0.15, -0.1) is 12.3 Å². The number of anilines is 1. The van der Waals surface area contributed by atoms with Gasteiger partial charge in [0.25, 0.3) is 11.7 Å². The summed E-state index contributed by atoms with van der Waals surface area (Å²) in [5.74, 6) is 1.65. The van der Waals surface area contributed by atoms with E-state index in [2.05, 4.69) is 16.6 Å². The van der Waals surface area contributed by atoms with E-state index in [1.165, 1.54) is 0 Å². The zero-order valence-corrected chi connectivity index (χ0v) is 13.1. The molecular formula is C20H16N2O2. The molecule has 2 aliphatic heterocycles. The molecule has 0 spiro atoms. The number of terminal acetylenes is 1. The highest BCUT2D eigenvalue weighted by Gasteiger charge is 2.36. The third-order valence-electron chi connectivity index (χ3n) is 4.69. The second-order valence-corrected chi connectivity index (χ2v) is 6.05. The molecule has 2 aromatic carbocycles. The average Bonchev–Trinajstić information content (AvgIpc) is 2.90. The van der Waals surface area contributed by atoms with Crippen LogP contribution in [0, 0.1) is 12.3 Å². The van der Waals surface area contributed by atoms with E-state index < -0.39 is 11.7 Å². The van der Waals surface area contributed by atoms with Crippen LogP contribution in [0.5, 0.6) is 0 Å². The van der Waals surface area contributed by atoms with Gasteiger partial charge in [0.05, 0.1) is 11.3 Å². The normalized spacial score (nSPS) is 18.5. The molecule has 1 unspecified atom stereocenters. The summed E-state index contributed by atoms with van der Waals surface area (Å²) in [5.41, 5.74) is 5.27. The standard InChI is InChI=1S/C20H16N2O2/c1-2-6-16-17-13(9-10-21-16)14(12-7-4-3-5-8-12)11-15-18(17)22-20(24)19(15)23/h1,3-5,7-8,11,16,21H,6,9-10H2,(H,22,23,24). The number of ketones is 1. The van der Waals surface area contributed by atoms with Crippen molar-refractivity contribution in [3.8, 4) is 23.5 Å². The zero-order valence-electron chi connectivity index (χ0n) is 13.1. The lowest BCUT2D eigenvalue weighted by Gasteiger charge is -2.30. The fourth-order valence-electron chi connectivity index (χ4n) is 3.65. The van der Waals surface area contributed by atoms with Gasteiger partial charge in [0.1, 0.15) is 0 Å². The number of hydrogen-bond donors (Lipinski definition) is 2. The highest BCUT2D eigenvalue weighted by Crippen LogP contribution is 2.42. The van der Waals surface area contributed by atoms with Crippen molar-refractivity contribution in [2.24, 2.45) is 0 Å². The molecule has 2 heterocycles. The molecule has 2 aromatic rings. The van der Waals surface area contributed by atoms with Gasteiger partial charge in [0, 0.05) is 12.5 Å². The summed E-state index contributed by atoms with van der Waals surface area (Å²) in [5, 5.41) is 6.15. The van der Waals surface area contributed by atoms with Gasteiger partial charge in [0.15, 0.2) is 0 Å². The summed E-state index contributed by atoms with van der Waals surface area (Å²) in [6.45, 7) is 0.819. The van der Waals surface area contributed by atoms with Crippen molar-refractivity contribution >= 4 is 17.4 Å². The van der Waals surface area contributed by atoms with Gasteiger partial charge in [-0.05, 0) is 41.3 Å². The number of Topliss-reactive ketones (excluding diaryl/α,β-unsaturated/α-hetero) is 1. The Balaban J connectivity index is 2.01. The van der Waals surface area contributed by atoms with Gasteiger partial charge >= 0.3 is 0 Å². The van der Waals surface area contributed by atoms with Gasteiger partial charge in [-0.25, -0.2) is 0 Å². The van der Waals surface area contributed by atoms with Crippen LogP contribution in [0.3, 0.4) is 0 Å². The lowest BCUT2D eigenvalue weighted by Crippen LogP contribution is -2.31. The molecular weight excluding hydrogens is 300 g/mol. The molecule has 4 nitrogen and oxygen atoms in total. The predicted molar refractivity (Wildman–Crippen MR) is 92.7 cm³/mol. The maximum atomic E-state index is 12.3. The van der Waals surface area contributed by atoms with E-state index in [-0.39, 0.29) is 6.04 Å². The molecule has 1 amide bonds. The third kappa shape index (κ3) is 2.14. The number of hydrogen-bond acceptors (Lipinski definition) is 3. The summed E-state index contributed by atoms with van der Waals surface area (Å²) in [7, 11) is 0. The van der Waals surface area contributed by atoms with Crippen molar-refractivity contribution in [1.82, 2.24) is 5.32 Å². The Morgan fingerprint density at radius 2 is 1.96 bits per heavy atom. The number of amides is 1. The smallest absolute Gasteiger partial charge is 0.296 e. The number of fused-ring (bicyclic) bond motifs is 3. The zero-order chi connectivity index (χ0) is 16.7. The van der Waals surface area contributed by atoms with E-state index in [0.717, 1.165) is 35.2 Å². The van der Waals surface area contributed by atoms with E-state index in [9.17, 15) is 9.59 Å². The van der Waals surface area contributed by atoms with Crippen LogP contribution in [0.25, 0.3) is 11.1 Å². The van der Waals surface area contributed by atoms with Crippen molar-refractivity contribution in [2.45, 2.75) is 18.9 Å². The summed E-state index contributed by atoms with van der Waals surface area (Å²) in [6.07, 6.45) is 6.87.